The summed E-state index contributed by atoms with van der Waals surface area (Å²) in [6.45, 7) is 7.19. The Balaban J connectivity index is 3.16. The van der Waals surface area contributed by atoms with Gasteiger partial charge in [-0.3, -0.25) is 0 Å². The normalized spacial score (nSPS) is 13.1. The molecule has 0 saturated heterocycles. The minimum atomic E-state index is -3.73. The number of hydrogen-bond acceptors (Lipinski definition) is 4. The maximum atomic E-state index is 12.4. The summed E-state index contributed by atoms with van der Waals surface area (Å²) in [5.41, 5.74) is 1.20. The molecule has 5 nitrogen and oxygen atoms in total. The molecule has 1 unspecified atom stereocenters. The van der Waals surface area contributed by atoms with E-state index in [1.54, 1.807) is 32.5 Å². The SMILES string of the molecule is CCSCC(C)NS(=O)(=O)c1cc(C(=O)O)cc(C)c1C. The molecule has 0 radical (unpaired) electrons. The number of benzene rings is 1. The molecule has 0 fully saturated rings. The molecule has 1 rings (SSSR count). The van der Waals surface area contributed by atoms with Crippen molar-refractivity contribution in [2.24, 2.45) is 0 Å². The number of carboxylic acid groups (broad SMARTS) is 1. The van der Waals surface area contributed by atoms with E-state index in [2.05, 4.69) is 4.72 Å². The Morgan fingerprint density at radius 2 is 2.00 bits per heavy atom. The van der Waals surface area contributed by atoms with Crippen LogP contribution >= 0.6 is 11.8 Å². The van der Waals surface area contributed by atoms with Gasteiger partial charge in [0.2, 0.25) is 10.0 Å². The number of aryl methyl sites for hydroxylation is 1. The average Bonchev–Trinajstić information content (AvgIpc) is 2.38. The Kier molecular flexibility index (Phi) is 6.24. The second-order valence-corrected chi connectivity index (χ2v) is 7.90. The summed E-state index contributed by atoms with van der Waals surface area (Å²) in [6, 6.07) is 2.48. The molecule has 0 spiro atoms. The molecule has 1 atom stereocenters. The van der Waals surface area contributed by atoms with Crippen molar-refractivity contribution in [1.29, 1.82) is 0 Å². The summed E-state index contributed by atoms with van der Waals surface area (Å²) < 4.78 is 27.5. The predicted octanol–water partition coefficient (Wildman–Crippen LogP) is 2.42. The fourth-order valence-corrected chi connectivity index (χ4v) is 4.25. The zero-order valence-corrected chi connectivity index (χ0v) is 14.3. The molecule has 1 aromatic rings. The molecule has 0 aliphatic carbocycles. The van der Waals surface area contributed by atoms with Crippen LogP contribution in [-0.2, 0) is 10.0 Å². The lowest BCUT2D eigenvalue weighted by atomic mass is 10.1. The molecule has 0 saturated carbocycles. The van der Waals surface area contributed by atoms with Crippen molar-refractivity contribution in [2.45, 2.75) is 38.6 Å². The molecular formula is C14H21NO4S2. The van der Waals surface area contributed by atoms with Crippen LogP contribution in [0.4, 0.5) is 0 Å². The first-order chi connectivity index (χ1) is 9.69. The molecule has 0 amide bonds. The van der Waals surface area contributed by atoms with Crippen molar-refractivity contribution in [2.75, 3.05) is 11.5 Å². The fourth-order valence-electron chi connectivity index (χ4n) is 1.89. The molecule has 118 valence electrons. The smallest absolute Gasteiger partial charge is 0.335 e. The van der Waals surface area contributed by atoms with Crippen LogP contribution in [0.25, 0.3) is 0 Å². The van der Waals surface area contributed by atoms with E-state index in [0.717, 1.165) is 5.75 Å². The van der Waals surface area contributed by atoms with Crippen LogP contribution in [0.5, 0.6) is 0 Å². The number of nitrogens with one attached hydrogen (secondary N) is 1. The van der Waals surface area contributed by atoms with E-state index in [1.807, 2.05) is 6.92 Å². The van der Waals surface area contributed by atoms with Gasteiger partial charge in [0.25, 0.3) is 0 Å². The topological polar surface area (TPSA) is 83.5 Å². The van der Waals surface area contributed by atoms with E-state index in [4.69, 9.17) is 5.11 Å². The van der Waals surface area contributed by atoms with Crippen LogP contribution in [0.15, 0.2) is 17.0 Å². The molecule has 0 heterocycles. The summed E-state index contributed by atoms with van der Waals surface area (Å²) in [5, 5.41) is 9.07. The van der Waals surface area contributed by atoms with Crippen LogP contribution in [-0.4, -0.2) is 37.0 Å². The first-order valence-corrected chi connectivity index (χ1v) is 9.27. The van der Waals surface area contributed by atoms with E-state index in [1.165, 1.54) is 12.1 Å². The molecular weight excluding hydrogens is 310 g/mol. The minimum Gasteiger partial charge on any atom is -0.478 e. The zero-order chi connectivity index (χ0) is 16.2. The summed E-state index contributed by atoms with van der Waals surface area (Å²) >= 11 is 1.65. The highest BCUT2D eigenvalue weighted by atomic mass is 32.2. The quantitative estimate of drug-likeness (QED) is 0.802. The Labute approximate surface area is 130 Å². The monoisotopic (exact) mass is 331 g/mol. The van der Waals surface area contributed by atoms with Crippen LogP contribution in [0.3, 0.4) is 0 Å². The van der Waals surface area contributed by atoms with Crippen LogP contribution in [0.2, 0.25) is 0 Å². The Hall–Kier alpha value is -1.05. The first-order valence-electron chi connectivity index (χ1n) is 6.63. The lowest BCUT2D eigenvalue weighted by Gasteiger charge is -2.16. The van der Waals surface area contributed by atoms with E-state index < -0.39 is 16.0 Å². The van der Waals surface area contributed by atoms with Gasteiger partial charge in [0.1, 0.15) is 0 Å². The van der Waals surface area contributed by atoms with Crippen molar-refractivity contribution in [1.82, 2.24) is 4.72 Å². The number of carboxylic acids is 1. The Bertz CT molecular complexity index is 626. The third-order valence-electron chi connectivity index (χ3n) is 3.08. The number of carbonyl (C=O) groups is 1. The molecule has 2 N–H and O–H groups in total. The molecule has 0 aliphatic heterocycles. The van der Waals surface area contributed by atoms with Crippen molar-refractivity contribution in [3.63, 3.8) is 0 Å². The third kappa shape index (κ3) is 4.72. The second kappa shape index (κ2) is 7.29. The van der Waals surface area contributed by atoms with Crippen LogP contribution < -0.4 is 4.72 Å². The highest BCUT2D eigenvalue weighted by Gasteiger charge is 2.22. The number of sulfonamides is 1. The van der Waals surface area contributed by atoms with Crippen molar-refractivity contribution >= 4 is 27.8 Å². The maximum absolute atomic E-state index is 12.4. The van der Waals surface area contributed by atoms with E-state index >= 15 is 0 Å². The molecule has 7 heteroatoms. The molecule has 1 aromatic carbocycles. The highest BCUT2D eigenvalue weighted by molar-refractivity contribution is 7.99. The summed E-state index contributed by atoms with van der Waals surface area (Å²) in [7, 11) is -3.73. The minimum absolute atomic E-state index is 0.0194. The van der Waals surface area contributed by atoms with Gasteiger partial charge in [0.15, 0.2) is 0 Å². The Morgan fingerprint density at radius 3 is 2.52 bits per heavy atom. The van der Waals surface area contributed by atoms with Crippen LogP contribution in [0.1, 0.15) is 35.3 Å². The van der Waals surface area contributed by atoms with Crippen molar-refractivity contribution in [3.8, 4) is 0 Å². The van der Waals surface area contributed by atoms with Gasteiger partial charge < -0.3 is 5.11 Å². The highest BCUT2D eigenvalue weighted by Crippen LogP contribution is 2.21. The third-order valence-corrected chi connectivity index (χ3v) is 5.94. The number of rotatable bonds is 7. The van der Waals surface area contributed by atoms with E-state index in [9.17, 15) is 13.2 Å². The predicted molar refractivity (Wildman–Crippen MR) is 85.7 cm³/mol. The fraction of sp³-hybridized carbons (Fsp3) is 0.500. The van der Waals surface area contributed by atoms with Gasteiger partial charge in [0.05, 0.1) is 10.5 Å². The average molecular weight is 331 g/mol. The zero-order valence-electron chi connectivity index (χ0n) is 12.6. The van der Waals surface area contributed by atoms with Gasteiger partial charge in [-0.25, -0.2) is 17.9 Å². The summed E-state index contributed by atoms with van der Waals surface area (Å²) in [4.78, 5) is 11.1. The lowest BCUT2D eigenvalue weighted by molar-refractivity contribution is 0.0696. The maximum Gasteiger partial charge on any atom is 0.335 e. The van der Waals surface area contributed by atoms with Crippen LogP contribution in [0, 0.1) is 13.8 Å². The standard InChI is InChI=1S/C14H21NO4S2/c1-5-20-8-10(3)15-21(18,19)13-7-12(14(16)17)6-9(2)11(13)4/h6-7,10,15H,5,8H2,1-4H3,(H,16,17). The van der Waals surface area contributed by atoms with Gasteiger partial charge in [0, 0.05) is 11.8 Å². The molecule has 0 aromatic heterocycles. The van der Waals surface area contributed by atoms with E-state index in [0.29, 0.717) is 16.9 Å². The lowest BCUT2D eigenvalue weighted by Crippen LogP contribution is -2.35. The van der Waals surface area contributed by atoms with Crippen molar-refractivity contribution < 1.29 is 18.3 Å². The largest absolute Gasteiger partial charge is 0.478 e. The number of thioether (sulfide) groups is 1. The number of hydrogen-bond donors (Lipinski definition) is 2. The molecule has 0 bridgehead atoms. The van der Waals surface area contributed by atoms with E-state index in [-0.39, 0.29) is 16.5 Å². The van der Waals surface area contributed by atoms with Gasteiger partial charge in [-0.1, -0.05) is 6.92 Å². The first kappa shape index (κ1) is 18.0. The molecule has 0 aliphatic rings. The van der Waals surface area contributed by atoms with Gasteiger partial charge in [-0.2, -0.15) is 11.8 Å². The van der Waals surface area contributed by atoms with Gasteiger partial charge in [-0.05, 0) is 49.8 Å². The summed E-state index contributed by atoms with van der Waals surface area (Å²) in [5.74, 6) is 0.453. The van der Waals surface area contributed by atoms with Gasteiger partial charge >= 0.3 is 5.97 Å². The number of aromatic carboxylic acids is 1. The summed E-state index contributed by atoms with van der Waals surface area (Å²) in [6.07, 6.45) is 0. The van der Waals surface area contributed by atoms with Crippen molar-refractivity contribution in [3.05, 3.63) is 28.8 Å². The Morgan fingerprint density at radius 1 is 1.38 bits per heavy atom. The van der Waals surface area contributed by atoms with Gasteiger partial charge in [-0.15, -0.1) is 0 Å². The molecule has 21 heavy (non-hydrogen) atoms. The second-order valence-electron chi connectivity index (χ2n) is 4.90.